The van der Waals surface area contributed by atoms with Gasteiger partial charge in [-0.15, -0.1) is 0 Å². The molecule has 0 heterocycles. The highest BCUT2D eigenvalue weighted by Crippen LogP contribution is 2.27. The van der Waals surface area contributed by atoms with Crippen molar-refractivity contribution in [3.63, 3.8) is 0 Å². The molecule has 20 heavy (non-hydrogen) atoms. The second-order valence-electron chi connectivity index (χ2n) is 3.66. The highest BCUT2D eigenvalue weighted by atomic mass is 32.2. The lowest BCUT2D eigenvalue weighted by molar-refractivity contribution is -0.134. The third-order valence-corrected chi connectivity index (χ3v) is 4.15. The van der Waals surface area contributed by atoms with Crippen molar-refractivity contribution in [3.8, 4) is 5.75 Å². The highest BCUT2D eigenvalue weighted by Gasteiger charge is 2.19. The summed E-state index contributed by atoms with van der Waals surface area (Å²) in [5, 5.41) is 13.4. The first-order valence-electron chi connectivity index (χ1n) is 4.98. The lowest BCUT2D eigenvalue weighted by Crippen LogP contribution is -2.23. The molecule has 0 aliphatic heterocycles. The first-order chi connectivity index (χ1) is 9.05. The van der Waals surface area contributed by atoms with Crippen molar-refractivity contribution in [2.45, 2.75) is 4.90 Å². The number of primary sulfonamides is 1. The Bertz CT molecular complexity index is 725. The first-order valence-corrected chi connectivity index (χ1v) is 8.18. The molecule has 1 aromatic carbocycles. The number of carboxylic acids is 1. The number of aliphatic carboxylic acids is 1. The predicted octanol–water partition coefficient (Wildman–Crippen LogP) is -0.831. The van der Waals surface area contributed by atoms with Crippen LogP contribution < -0.4 is 14.6 Å². The molecule has 0 radical (unpaired) electrons. The fraction of sp³-hybridized carbons (Fsp3) is 0.222. The van der Waals surface area contributed by atoms with Gasteiger partial charge in [0.1, 0.15) is 5.75 Å². The number of sulfonamides is 2. The number of anilines is 1. The van der Waals surface area contributed by atoms with Crippen LogP contribution in [0.25, 0.3) is 0 Å². The summed E-state index contributed by atoms with van der Waals surface area (Å²) in [6.45, 7) is 0. The van der Waals surface area contributed by atoms with Crippen molar-refractivity contribution < 1.29 is 31.5 Å². The summed E-state index contributed by atoms with van der Waals surface area (Å²) in [5.41, 5.74) is -0.222. The second kappa shape index (κ2) is 5.64. The average molecular weight is 324 g/mol. The third kappa shape index (κ3) is 4.36. The van der Waals surface area contributed by atoms with Crippen LogP contribution in [0.15, 0.2) is 23.1 Å². The topological polar surface area (TPSA) is 153 Å². The van der Waals surface area contributed by atoms with Crippen molar-refractivity contribution in [2.24, 2.45) is 5.14 Å². The fourth-order valence-corrected chi connectivity index (χ4v) is 2.74. The highest BCUT2D eigenvalue weighted by molar-refractivity contribution is 7.93. The molecule has 0 atom stereocenters. The van der Waals surface area contributed by atoms with E-state index >= 15 is 0 Å². The van der Waals surface area contributed by atoms with Crippen LogP contribution in [-0.4, -0.2) is 40.8 Å². The Morgan fingerprint density at radius 2 is 1.95 bits per heavy atom. The molecule has 0 spiro atoms. The number of hydrogen-bond acceptors (Lipinski definition) is 6. The van der Waals surface area contributed by atoms with E-state index in [-0.39, 0.29) is 16.3 Å². The number of carbonyl (C=O) groups is 1. The van der Waals surface area contributed by atoms with Gasteiger partial charge in [0.2, 0.25) is 20.0 Å². The van der Waals surface area contributed by atoms with E-state index in [1.54, 1.807) is 0 Å². The number of rotatable bonds is 6. The van der Waals surface area contributed by atoms with Crippen molar-refractivity contribution in [2.75, 3.05) is 17.6 Å². The smallest absolute Gasteiger partial charge is 0.320 e. The molecule has 112 valence electrons. The summed E-state index contributed by atoms with van der Waals surface area (Å²) in [4.78, 5) is 10.1. The molecule has 9 nitrogen and oxygen atoms in total. The second-order valence-corrected chi connectivity index (χ2v) is 6.95. The molecular weight excluding hydrogens is 312 g/mol. The van der Waals surface area contributed by atoms with Crippen LogP contribution in [0.4, 0.5) is 5.69 Å². The molecule has 0 bridgehead atoms. The molecule has 0 aromatic heterocycles. The van der Waals surface area contributed by atoms with Crippen LogP contribution in [0, 0.1) is 0 Å². The van der Waals surface area contributed by atoms with Gasteiger partial charge < -0.3 is 9.84 Å². The summed E-state index contributed by atoms with van der Waals surface area (Å²) in [6.07, 6.45) is 0. The van der Waals surface area contributed by atoms with Gasteiger partial charge in [-0.25, -0.2) is 22.0 Å². The van der Waals surface area contributed by atoms with Gasteiger partial charge in [-0.2, -0.15) is 0 Å². The predicted molar refractivity (Wildman–Crippen MR) is 69.4 cm³/mol. The number of nitrogens with one attached hydrogen (secondary N) is 1. The molecule has 11 heteroatoms. The van der Waals surface area contributed by atoms with Crippen LogP contribution in [-0.2, 0) is 24.8 Å². The zero-order valence-corrected chi connectivity index (χ0v) is 11.9. The van der Waals surface area contributed by atoms with E-state index < -0.39 is 31.8 Å². The van der Waals surface area contributed by atoms with Gasteiger partial charge in [0.15, 0.2) is 5.75 Å². The van der Waals surface area contributed by atoms with Crippen LogP contribution in [0.1, 0.15) is 0 Å². The van der Waals surface area contributed by atoms with E-state index in [0.717, 1.165) is 12.1 Å². The lowest BCUT2D eigenvalue weighted by atomic mass is 10.3. The van der Waals surface area contributed by atoms with Crippen LogP contribution in [0.5, 0.6) is 5.75 Å². The Balaban J connectivity index is 3.26. The number of methoxy groups -OCH3 is 1. The molecular formula is C9H12N2O7S2. The molecule has 0 saturated carbocycles. The van der Waals surface area contributed by atoms with E-state index in [1.807, 2.05) is 4.72 Å². The Hall–Kier alpha value is -1.85. The van der Waals surface area contributed by atoms with Crippen molar-refractivity contribution >= 4 is 31.7 Å². The number of nitrogens with two attached hydrogens (primary N) is 1. The number of benzene rings is 1. The number of hydrogen-bond donors (Lipinski definition) is 3. The van der Waals surface area contributed by atoms with Gasteiger partial charge in [0.05, 0.1) is 17.7 Å². The van der Waals surface area contributed by atoms with E-state index in [2.05, 4.69) is 0 Å². The van der Waals surface area contributed by atoms with E-state index in [0.29, 0.717) is 0 Å². The summed E-state index contributed by atoms with van der Waals surface area (Å²) < 4.78 is 52.2. The van der Waals surface area contributed by atoms with Gasteiger partial charge >= 0.3 is 5.97 Å². The Morgan fingerprint density at radius 3 is 2.40 bits per heavy atom. The summed E-state index contributed by atoms with van der Waals surface area (Å²) in [7, 11) is -6.99. The molecule has 0 amide bonds. The molecule has 1 rings (SSSR count). The Kier molecular flexibility index (Phi) is 4.57. The SMILES string of the molecule is COc1ccc(S(N)(=O)=O)cc1NS(=O)(=O)CC(=O)O. The fourth-order valence-electron chi connectivity index (χ4n) is 1.31. The lowest BCUT2D eigenvalue weighted by Gasteiger charge is -2.12. The summed E-state index contributed by atoms with van der Waals surface area (Å²) in [5.74, 6) is -2.71. The Morgan fingerprint density at radius 1 is 1.35 bits per heavy atom. The third-order valence-electron chi connectivity index (χ3n) is 2.08. The Labute approximate surface area is 115 Å². The molecule has 0 aliphatic rings. The average Bonchev–Trinajstić information content (AvgIpc) is 2.25. The van der Waals surface area contributed by atoms with Gasteiger partial charge in [-0.05, 0) is 18.2 Å². The van der Waals surface area contributed by atoms with E-state index in [4.69, 9.17) is 15.0 Å². The summed E-state index contributed by atoms with van der Waals surface area (Å²) in [6, 6.07) is 3.26. The molecule has 0 fully saturated rings. The van der Waals surface area contributed by atoms with Crippen molar-refractivity contribution in [1.29, 1.82) is 0 Å². The van der Waals surface area contributed by atoms with Crippen molar-refractivity contribution in [3.05, 3.63) is 18.2 Å². The van der Waals surface area contributed by atoms with Crippen molar-refractivity contribution in [1.82, 2.24) is 0 Å². The normalized spacial score (nSPS) is 11.9. The van der Waals surface area contributed by atoms with E-state index in [9.17, 15) is 21.6 Å². The largest absolute Gasteiger partial charge is 0.495 e. The number of ether oxygens (including phenoxy) is 1. The van der Waals surface area contributed by atoms with Gasteiger partial charge in [0.25, 0.3) is 0 Å². The standard InChI is InChI=1S/C9H12N2O7S2/c1-18-8-3-2-6(20(10,16)17)4-7(8)11-19(14,15)5-9(12)13/h2-4,11H,5H2,1H3,(H,12,13)(H2,10,16,17). The molecule has 0 unspecified atom stereocenters. The molecule has 0 saturated heterocycles. The minimum absolute atomic E-state index is 0.0198. The zero-order valence-electron chi connectivity index (χ0n) is 10.2. The molecule has 0 aliphatic carbocycles. The van der Waals surface area contributed by atoms with Crippen LogP contribution in [0.3, 0.4) is 0 Å². The maximum atomic E-state index is 11.5. The van der Waals surface area contributed by atoms with Gasteiger partial charge in [-0.3, -0.25) is 9.52 Å². The quantitative estimate of drug-likeness (QED) is 0.617. The minimum atomic E-state index is -4.19. The monoisotopic (exact) mass is 324 g/mol. The number of carboxylic acid groups (broad SMARTS) is 1. The van der Waals surface area contributed by atoms with Gasteiger partial charge in [-0.1, -0.05) is 0 Å². The molecule has 4 N–H and O–H groups in total. The van der Waals surface area contributed by atoms with Gasteiger partial charge in [0, 0.05) is 0 Å². The van der Waals surface area contributed by atoms with Crippen LogP contribution in [0.2, 0.25) is 0 Å². The first kappa shape index (κ1) is 16.2. The molecule has 1 aromatic rings. The zero-order chi connectivity index (χ0) is 15.6. The maximum Gasteiger partial charge on any atom is 0.320 e. The minimum Gasteiger partial charge on any atom is -0.495 e. The van der Waals surface area contributed by atoms with E-state index in [1.165, 1.54) is 13.2 Å². The summed E-state index contributed by atoms with van der Waals surface area (Å²) >= 11 is 0. The maximum absolute atomic E-state index is 11.5. The van der Waals surface area contributed by atoms with Crippen LogP contribution >= 0.6 is 0 Å².